The lowest BCUT2D eigenvalue weighted by Gasteiger charge is -2.12. The number of nitrogen functional groups attached to an aromatic ring is 1. The normalized spacial score (nSPS) is 13.0. The highest BCUT2D eigenvalue weighted by molar-refractivity contribution is 6.31. The van der Waals surface area contributed by atoms with E-state index in [9.17, 15) is 4.39 Å². The van der Waals surface area contributed by atoms with E-state index in [0.717, 1.165) is 0 Å². The summed E-state index contributed by atoms with van der Waals surface area (Å²) in [6, 6.07) is 2.47. The fraction of sp³-hybridized carbons (Fsp3) is 0.231. The van der Waals surface area contributed by atoms with E-state index in [2.05, 4.69) is 9.97 Å². The molecular formula is C13H12ClFN4O. The number of rotatable bonds is 2. The van der Waals surface area contributed by atoms with Crippen LogP contribution in [0.5, 0.6) is 0 Å². The monoisotopic (exact) mass is 294 g/mol. The van der Waals surface area contributed by atoms with Gasteiger partial charge in [0.2, 0.25) is 11.8 Å². The molecule has 104 valence electrons. The third-order valence-electron chi connectivity index (χ3n) is 3.14. The third-order valence-corrected chi connectivity index (χ3v) is 3.43. The van der Waals surface area contributed by atoms with E-state index in [1.807, 2.05) is 6.92 Å². The maximum absolute atomic E-state index is 13.7. The highest BCUT2D eigenvalue weighted by Gasteiger charge is 2.20. The molecule has 1 aromatic carbocycles. The molecule has 20 heavy (non-hydrogen) atoms. The Morgan fingerprint density at radius 3 is 2.85 bits per heavy atom. The second kappa shape index (κ2) is 4.49. The van der Waals surface area contributed by atoms with Crippen molar-refractivity contribution in [3.05, 3.63) is 40.8 Å². The number of hydrogen-bond acceptors (Lipinski definition) is 4. The molecule has 2 heterocycles. The lowest BCUT2D eigenvalue weighted by Crippen LogP contribution is -2.10. The van der Waals surface area contributed by atoms with Crippen LogP contribution in [0.25, 0.3) is 11.0 Å². The summed E-state index contributed by atoms with van der Waals surface area (Å²) in [4.78, 5) is 8.36. The fourth-order valence-electron chi connectivity index (χ4n) is 2.19. The lowest BCUT2D eigenvalue weighted by molar-refractivity contribution is 0.421. The molecule has 0 aliphatic rings. The first-order chi connectivity index (χ1) is 9.47. The molecule has 0 aliphatic carbocycles. The van der Waals surface area contributed by atoms with Crippen molar-refractivity contribution in [2.24, 2.45) is 0 Å². The number of halogens is 2. The largest absolute Gasteiger partial charge is 0.444 e. The van der Waals surface area contributed by atoms with Gasteiger partial charge in [-0.25, -0.2) is 14.4 Å². The smallest absolute Gasteiger partial charge is 0.217 e. The Balaban J connectivity index is 2.20. The lowest BCUT2D eigenvalue weighted by atomic mass is 10.2. The van der Waals surface area contributed by atoms with Gasteiger partial charge < -0.3 is 10.2 Å². The second-order valence-corrected chi connectivity index (χ2v) is 4.99. The van der Waals surface area contributed by atoms with Gasteiger partial charge in [0.15, 0.2) is 0 Å². The van der Waals surface area contributed by atoms with Crippen molar-refractivity contribution >= 4 is 28.6 Å². The fourth-order valence-corrected chi connectivity index (χ4v) is 2.35. The molecule has 2 N–H and O–H groups in total. The molecule has 0 saturated carbocycles. The van der Waals surface area contributed by atoms with Gasteiger partial charge in [-0.05, 0) is 19.9 Å². The summed E-state index contributed by atoms with van der Waals surface area (Å²) in [7, 11) is 0. The molecule has 0 spiro atoms. The van der Waals surface area contributed by atoms with Crippen LogP contribution in [0.1, 0.15) is 24.6 Å². The number of anilines is 1. The molecule has 0 amide bonds. The molecule has 0 saturated heterocycles. The van der Waals surface area contributed by atoms with Crippen LogP contribution in [0.2, 0.25) is 5.02 Å². The molecule has 0 radical (unpaired) electrons. The number of nitrogens with zero attached hydrogens (tertiary/aromatic N) is 3. The standard InChI is InChI=1S/C13H12ClFN4O/c1-6-5-17-12(20-6)7(2)19-11-4-9(15)8(14)3-10(11)18-13(19)16/h3-5,7H,1-2H3,(H2,16,18). The first kappa shape index (κ1) is 12.9. The molecule has 0 aliphatic heterocycles. The topological polar surface area (TPSA) is 69.9 Å². The van der Waals surface area contributed by atoms with Crippen molar-refractivity contribution in [2.45, 2.75) is 19.9 Å². The summed E-state index contributed by atoms with van der Waals surface area (Å²) in [5.41, 5.74) is 7.00. The zero-order chi connectivity index (χ0) is 14.4. The van der Waals surface area contributed by atoms with Gasteiger partial charge >= 0.3 is 0 Å². The molecular weight excluding hydrogens is 283 g/mol. The van der Waals surface area contributed by atoms with Crippen LogP contribution in [0, 0.1) is 12.7 Å². The SMILES string of the molecule is Cc1cnc(C(C)n2c(N)nc3cc(Cl)c(F)cc32)o1. The average Bonchev–Trinajstić information content (AvgIpc) is 2.93. The van der Waals surface area contributed by atoms with Crippen LogP contribution in [0.4, 0.5) is 10.3 Å². The molecule has 7 heteroatoms. The summed E-state index contributed by atoms with van der Waals surface area (Å²) < 4.78 is 20.8. The number of nitrogens with two attached hydrogens (primary N) is 1. The van der Waals surface area contributed by atoms with Gasteiger partial charge in [-0.2, -0.15) is 0 Å². The van der Waals surface area contributed by atoms with E-state index in [4.69, 9.17) is 21.8 Å². The van der Waals surface area contributed by atoms with E-state index in [1.165, 1.54) is 12.1 Å². The quantitative estimate of drug-likeness (QED) is 0.787. The predicted octanol–water partition coefficient (Wildman–Crippen LogP) is 3.32. The first-order valence-corrected chi connectivity index (χ1v) is 6.40. The Hall–Kier alpha value is -2.08. The summed E-state index contributed by atoms with van der Waals surface area (Å²) in [6.45, 7) is 3.66. The van der Waals surface area contributed by atoms with Gasteiger partial charge in [-0.15, -0.1) is 0 Å². The minimum Gasteiger partial charge on any atom is -0.444 e. The Morgan fingerprint density at radius 2 is 2.20 bits per heavy atom. The summed E-state index contributed by atoms with van der Waals surface area (Å²) in [5.74, 6) is 0.925. The zero-order valence-corrected chi connectivity index (χ0v) is 11.6. The summed E-state index contributed by atoms with van der Waals surface area (Å²) in [6.07, 6.45) is 1.62. The molecule has 0 fully saturated rings. The minimum absolute atomic E-state index is 0.0155. The number of aryl methyl sites for hydroxylation is 1. The number of benzene rings is 1. The van der Waals surface area contributed by atoms with E-state index >= 15 is 0 Å². The Bertz CT molecular complexity index is 795. The van der Waals surface area contributed by atoms with Gasteiger partial charge in [0.25, 0.3) is 0 Å². The van der Waals surface area contributed by atoms with E-state index in [0.29, 0.717) is 22.7 Å². The highest BCUT2D eigenvalue weighted by atomic mass is 35.5. The third kappa shape index (κ3) is 1.92. The Labute approximate surface area is 119 Å². The molecule has 2 aromatic heterocycles. The van der Waals surface area contributed by atoms with Crippen LogP contribution in [-0.4, -0.2) is 14.5 Å². The molecule has 0 bridgehead atoms. The van der Waals surface area contributed by atoms with Gasteiger partial charge in [0, 0.05) is 6.07 Å². The van der Waals surface area contributed by atoms with Crippen molar-refractivity contribution < 1.29 is 8.81 Å². The number of oxazole rings is 1. The average molecular weight is 295 g/mol. The van der Waals surface area contributed by atoms with E-state index in [1.54, 1.807) is 17.7 Å². The van der Waals surface area contributed by atoms with Gasteiger partial charge in [0.05, 0.1) is 22.3 Å². The Morgan fingerprint density at radius 1 is 1.45 bits per heavy atom. The van der Waals surface area contributed by atoms with Crippen molar-refractivity contribution in [1.82, 2.24) is 14.5 Å². The van der Waals surface area contributed by atoms with Gasteiger partial charge in [-0.1, -0.05) is 11.6 Å². The molecule has 3 aromatic rings. The van der Waals surface area contributed by atoms with Crippen LogP contribution in [0.15, 0.2) is 22.7 Å². The maximum atomic E-state index is 13.7. The van der Waals surface area contributed by atoms with Crippen molar-refractivity contribution in [3.8, 4) is 0 Å². The predicted molar refractivity (Wildman–Crippen MR) is 74.2 cm³/mol. The Kier molecular flexibility index (Phi) is 2.90. The molecule has 1 unspecified atom stereocenters. The molecule has 3 rings (SSSR count). The van der Waals surface area contributed by atoms with Crippen LogP contribution in [-0.2, 0) is 0 Å². The summed E-state index contributed by atoms with van der Waals surface area (Å²) in [5, 5.41) is 0.0155. The maximum Gasteiger partial charge on any atom is 0.217 e. The van der Waals surface area contributed by atoms with Crippen molar-refractivity contribution in [3.63, 3.8) is 0 Å². The van der Waals surface area contributed by atoms with Gasteiger partial charge in [-0.3, -0.25) is 4.57 Å². The van der Waals surface area contributed by atoms with Crippen LogP contribution >= 0.6 is 11.6 Å². The highest BCUT2D eigenvalue weighted by Crippen LogP contribution is 2.29. The summed E-state index contributed by atoms with van der Waals surface area (Å²) >= 11 is 5.75. The zero-order valence-electron chi connectivity index (χ0n) is 10.9. The van der Waals surface area contributed by atoms with E-state index < -0.39 is 5.82 Å². The van der Waals surface area contributed by atoms with Crippen LogP contribution in [0.3, 0.4) is 0 Å². The molecule has 5 nitrogen and oxygen atoms in total. The first-order valence-electron chi connectivity index (χ1n) is 6.02. The number of imidazole rings is 1. The van der Waals surface area contributed by atoms with Crippen molar-refractivity contribution in [1.29, 1.82) is 0 Å². The van der Waals surface area contributed by atoms with E-state index in [-0.39, 0.29) is 17.0 Å². The molecule has 1 atom stereocenters. The number of aromatic nitrogens is 3. The minimum atomic E-state index is -0.517. The van der Waals surface area contributed by atoms with Crippen LogP contribution < -0.4 is 5.73 Å². The van der Waals surface area contributed by atoms with Crippen molar-refractivity contribution in [2.75, 3.05) is 5.73 Å². The number of fused-ring (bicyclic) bond motifs is 1. The second-order valence-electron chi connectivity index (χ2n) is 4.58. The number of hydrogen-bond donors (Lipinski definition) is 1. The van der Waals surface area contributed by atoms with Gasteiger partial charge in [0.1, 0.15) is 17.6 Å².